The molecule has 8 nitrogen and oxygen atoms in total. The lowest BCUT2D eigenvalue weighted by atomic mass is 9.77. The smallest absolute Gasteiger partial charge is 0.337 e. The van der Waals surface area contributed by atoms with Crippen molar-refractivity contribution >= 4 is 23.9 Å². The Kier molecular flexibility index (Phi) is 8.00. The van der Waals surface area contributed by atoms with E-state index in [9.17, 15) is 19.2 Å². The van der Waals surface area contributed by atoms with Crippen molar-refractivity contribution in [3.05, 3.63) is 94.5 Å². The SMILES string of the molecule is CC1=C(OC(=O)CCC(=O)OC2=C(C)C(=O)O[C@@H](c3ccccc3)C2(C)C)C(C)(C)[C@H](c2ccccc2)OC1=O. The van der Waals surface area contributed by atoms with Crippen LogP contribution in [0.4, 0.5) is 0 Å². The summed E-state index contributed by atoms with van der Waals surface area (Å²) in [6.45, 7) is 10.4. The molecular formula is C32H34O8. The van der Waals surface area contributed by atoms with E-state index in [-0.39, 0.29) is 35.5 Å². The summed E-state index contributed by atoms with van der Waals surface area (Å²) < 4.78 is 22.7. The van der Waals surface area contributed by atoms with Gasteiger partial charge in [-0.3, -0.25) is 9.59 Å². The molecule has 2 heterocycles. The lowest BCUT2D eigenvalue weighted by Gasteiger charge is -2.39. The van der Waals surface area contributed by atoms with E-state index < -0.39 is 46.9 Å². The molecule has 0 radical (unpaired) electrons. The summed E-state index contributed by atoms with van der Waals surface area (Å²) in [4.78, 5) is 50.9. The van der Waals surface area contributed by atoms with E-state index in [2.05, 4.69) is 0 Å². The maximum Gasteiger partial charge on any atom is 0.337 e. The van der Waals surface area contributed by atoms with E-state index in [1.165, 1.54) is 0 Å². The molecule has 0 fully saturated rings. The molecule has 0 unspecified atom stereocenters. The highest BCUT2D eigenvalue weighted by Gasteiger charge is 2.47. The van der Waals surface area contributed by atoms with Crippen LogP contribution in [0.3, 0.4) is 0 Å². The number of carbonyl (C=O) groups is 4. The van der Waals surface area contributed by atoms with Crippen LogP contribution in [0.1, 0.15) is 77.7 Å². The molecule has 0 aromatic heterocycles. The molecule has 0 aliphatic carbocycles. The van der Waals surface area contributed by atoms with Crippen LogP contribution in [-0.4, -0.2) is 23.9 Å². The molecule has 0 N–H and O–H groups in total. The first-order chi connectivity index (χ1) is 18.8. The number of carbonyl (C=O) groups excluding carboxylic acids is 4. The molecule has 40 heavy (non-hydrogen) atoms. The van der Waals surface area contributed by atoms with Gasteiger partial charge in [0.05, 0.1) is 34.8 Å². The van der Waals surface area contributed by atoms with Crippen molar-refractivity contribution in [2.24, 2.45) is 10.8 Å². The molecule has 0 saturated heterocycles. The van der Waals surface area contributed by atoms with Crippen LogP contribution in [0.5, 0.6) is 0 Å². The lowest BCUT2D eigenvalue weighted by Crippen LogP contribution is -2.37. The molecule has 2 aromatic carbocycles. The van der Waals surface area contributed by atoms with Crippen LogP contribution in [0.2, 0.25) is 0 Å². The minimum Gasteiger partial charge on any atom is -0.453 e. The normalized spacial score (nSPS) is 21.9. The van der Waals surface area contributed by atoms with Crippen molar-refractivity contribution in [1.29, 1.82) is 0 Å². The molecule has 8 heteroatoms. The highest BCUT2D eigenvalue weighted by atomic mass is 16.6. The number of ether oxygens (including phenoxy) is 4. The first-order valence-corrected chi connectivity index (χ1v) is 13.2. The van der Waals surface area contributed by atoms with E-state index in [4.69, 9.17) is 18.9 Å². The van der Waals surface area contributed by atoms with Crippen LogP contribution in [0.25, 0.3) is 0 Å². The van der Waals surface area contributed by atoms with E-state index in [1.807, 2.05) is 88.4 Å². The molecule has 0 amide bonds. The minimum atomic E-state index is -0.837. The standard InChI is InChI=1S/C32H34O8/c1-19-25(31(3,4)27(39-29(19)35)21-13-9-7-10-14-21)37-23(33)17-18-24(34)38-26-20(2)30(36)40-28(32(26,5)6)22-15-11-8-12-16-22/h7-16,27-28H,17-18H2,1-6H3/t27-,28-/m0/s1. The lowest BCUT2D eigenvalue weighted by molar-refractivity contribution is -0.162. The van der Waals surface area contributed by atoms with Crippen molar-refractivity contribution in [2.45, 2.75) is 66.6 Å². The average molecular weight is 547 g/mol. The summed E-state index contributed by atoms with van der Waals surface area (Å²) in [6.07, 6.45) is -1.87. The average Bonchev–Trinajstić information content (AvgIpc) is 2.93. The van der Waals surface area contributed by atoms with Crippen molar-refractivity contribution in [1.82, 2.24) is 0 Å². The predicted octanol–water partition coefficient (Wildman–Crippen LogP) is 6.05. The largest absolute Gasteiger partial charge is 0.453 e. The zero-order valence-electron chi connectivity index (χ0n) is 23.6. The Morgan fingerprint density at radius 2 is 0.975 bits per heavy atom. The first-order valence-electron chi connectivity index (χ1n) is 13.2. The number of esters is 4. The Morgan fingerprint density at radius 3 is 1.30 bits per heavy atom. The third kappa shape index (κ3) is 5.57. The predicted molar refractivity (Wildman–Crippen MR) is 145 cm³/mol. The quantitative estimate of drug-likeness (QED) is 0.305. The Labute approximate surface area is 233 Å². The molecule has 4 rings (SSSR count). The molecule has 2 atom stereocenters. The molecule has 0 saturated carbocycles. The highest BCUT2D eigenvalue weighted by Crippen LogP contribution is 2.49. The van der Waals surface area contributed by atoms with Gasteiger partial charge in [-0.05, 0) is 52.7 Å². The van der Waals surface area contributed by atoms with Crippen LogP contribution < -0.4 is 0 Å². The van der Waals surface area contributed by atoms with Gasteiger partial charge in [0, 0.05) is 0 Å². The van der Waals surface area contributed by atoms with Gasteiger partial charge in [0.2, 0.25) is 0 Å². The van der Waals surface area contributed by atoms with E-state index in [1.54, 1.807) is 13.8 Å². The summed E-state index contributed by atoms with van der Waals surface area (Å²) in [5.74, 6) is -2.10. The summed E-state index contributed by atoms with van der Waals surface area (Å²) >= 11 is 0. The molecule has 0 spiro atoms. The van der Waals surface area contributed by atoms with Crippen LogP contribution >= 0.6 is 0 Å². The van der Waals surface area contributed by atoms with Crippen LogP contribution in [0, 0.1) is 10.8 Å². The highest BCUT2D eigenvalue weighted by molar-refractivity contribution is 5.91. The molecular weight excluding hydrogens is 512 g/mol. The van der Waals surface area contributed by atoms with Gasteiger partial charge in [0.15, 0.2) is 0 Å². The summed E-state index contributed by atoms with van der Waals surface area (Å²) in [5, 5.41) is 0. The van der Waals surface area contributed by atoms with Gasteiger partial charge in [-0.2, -0.15) is 0 Å². The van der Waals surface area contributed by atoms with E-state index in [0.717, 1.165) is 11.1 Å². The topological polar surface area (TPSA) is 105 Å². The third-order valence-electron chi connectivity index (χ3n) is 7.39. The second-order valence-corrected chi connectivity index (χ2v) is 11.2. The van der Waals surface area contributed by atoms with Gasteiger partial charge in [0.25, 0.3) is 0 Å². The summed E-state index contributed by atoms with van der Waals surface area (Å²) in [5.41, 5.74) is 0.270. The Balaban J connectivity index is 1.44. The molecule has 2 aromatic rings. The van der Waals surface area contributed by atoms with E-state index in [0.29, 0.717) is 0 Å². The van der Waals surface area contributed by atoms with Gasteiger partial charge < -0.3 is 18.9 Å². The molecule has 2 aliphatic rings. The summed E-state index contributed by atoms with van der Waals surface area (Å²) in [7, 11) is 0. The third-order valence-corrected chi connectivity index (χ3v) is 7.39. The molecule has 210 valence electrons. The fourth-order valence-corrected chi connectivity index (χ4v) is 5.25. The molecule has 0 bridgehead atoms. The van der Waals surface area contributed by atoms with Gasteiger partial charge in [-0.15, -0.1) is 0 Å². The number of hydrogen-bond acceptors (Lipinski definition) is 8. The Morgan fingerprint density at radius 1 is 0.650 bits per heavy atom. The van der Waals surface area contributed by atoms with Crippen molar-refractivity contribution in [3.8, 4) is 0 Å². The van der Waals surface area contributed by atoms with Crippen molar-refractivity contribution in [3.63, 3.8) is 0 Å². The van der Waals surface area contributed by atoms with Gasteiger partial charge in [0.1, 0.15) is 23.7 Å². The fraction of sp³-hybridized carbons (Fsp3) is 0.375. The maximum atomic E-state index is 12.9. The monoisotopic (exact) mass is 546 g/mol. The number of hydrogen-bond donors (Lipinski definition) is 0. The van der Waals surface area contributed by atoms with Gasteiger partial charge >= 0.3 is 23.9 Å². The second-order valence-electron chi connectivity index (χ2n) is 11.2. The van der Waals surface area contributed by atoms with Gasteiger partial charge in [-0.1, -0.05) is 60.7 Å². The zero-order chi connectivity index (χ0) is 29.2. The maximum absolute atomic E-state index is 12.9. The van der Waals surface area contributed by atoms with Crippen molar-refractivity contribution in [2.75, 3.05) is 0 Å². The van der Waals surface area contributed by atoms with Gasteiger partial charge in [-0.25, -0.2) is 9.59 Å². The Bertz CT molecular complexity index is 1280. The number of rotatable bonds is 7. The Hall–Kier alpha value is -4.20. The first kappa shape index (κ1) is 28.8. The number of cyclic esters (lactones) is 2. The van der Waals surface area contributed by atoms with E-state index >= 15 is 0 Å². The van der Waals surface area contributed by atoms with Crippen LogP contribution in [0.15, 0.2) is 83.3 Å². The van der Waals surface area contributed by atoms with Crippen molar-refractivity contribution < 1.29 is 38.1 Å². The second kappa shape index (κ2) is 11.1. The number of benzene rings is 2. The minimum absolute atomic E-state index is 0.198. The summed E-state index contributed by atoms with van der Waals surface area (Å²) in [6, 6.07) is 18.5. The van der Waals surface area contributed by atoms with Crippen LogP contribution in [-0.2, 0) is 38.1 Å². The zero-order valence-corrected chi connectivity index (χ0v) is 23.6. The molecule has 2 aliphatic heterocycles. The fourth-order valence-electron chi connectivity index (χ4n) is 5.25.